The van der Waals surface area contributed by atoms with E-state index in [1.165, 1.54) is 0 Å². The molecule has 0 N–H and O–H groups in total. The second kappa shape index (κ2) is 10.6. The molecule has 1 aliphatic rings. The number of sulfonamides is 1. The summed E-state index contributed by atoms with van der Waals surface area (Å²) in [5, 5.41) is 7.73. The fraction of sp³-hybridized carbons (Fsp3) is 0.323. The molecular weight excluding hydrogens is 520 g/mol. The minimum Gasteiger partial charge on any atom is -0.355 e. The van der Waals surface area contributed by atoms with E-state index in [9.17, 15) is 8.42 Å². The van der Waals surface area contributed by atoms with Gasteiger partial charge < -0.3 is 4.90 Å². The third-order valence-corrected chi connectivity index (χ3v) is 9.33. The van der Waals surface area contributed by atoms with Crippen LogP contribution in [0.1, 0.15) is 31.8 Å². The van der Waals surface area contributed by atoms with Crippen molar-refractivity contribution in [2.75, 3.05) is 31.1 Å². The summed E-state index contributed by atoms with van der Waals surface area (Å²) in [6, 6.07) is 23.2. The maximum atomic E-state index is 13.7. The van der Waals surface area contributed by atoms with Gasteiger partial charge in [0, 0.05) is 32.6 Å². The average Bonchev–Trinajstić information content (AvgIpc) is 3.11. The van der Waals surface area contributed by atoms with E-state index in [0.29, 0.717) is 43.4 Å². The van der Waals surface area contributed by atoms with Crippen molar-refractivity contribution in [2.45, 2.75) is 38.5 Å². The number of hydrogen-bond donors (Lipinski definition) is 0. The highest BCUT2D eigenvalue weighted by Gasteiger charge is 2.29. The van der Waals surface area contributed by atoms with Crippen molar-refractivity contribution in [3.8, 4) is 5.69 Å². The number of para-hydroxylation sites is 1. The molecule has 5 aromatic rings. The fourth-order valence-electron chi connectivity index (χ4n) is 5.46. The maximum Gasteiger partial charge on any atom is 0.243 e. The first-order valence-electron chi connectivity index (χ1n) is 13.9. The summed E-state index contributed by atoms with van der Waals surface area (Å²) in [7, 11) is -3.63. The number of fused-ring (bicyclic) bond motifs is 2. The summed E-state index contributed by atoms with van der Waals surface area (Å²) in [6.07, 6.45) is 1.45. The maximum absolute atomic E-state index is 13.7. The van der Waals surface area contributed by atoms with Crippen molar-refractivity contribution < 1.29 is 8.42 Å². The van der Waals surface area contributed by atoms with Gasteiger partial charge >= 0.3 is 0 Å². The number of rotatable bonds is 6. The van der Waals surface area contributed by atoms with Crippen LogP contribution < -0.4 is 4.90 Å². The van der Waals surface area contributed by atoms with Gasteiger partial charge in [0.1, 0.15) is 11.6 Å². The quantitative estimate of drug-likeness (QED) is 0.280. The molecule has 0 aliphatic carbocycles. The number of aromatic nitrogens is 4. The van der Waals surface area contributed by atoms with Crippen molar-refractivity contribution in [2.24, 2.45) is 5.92 Å². The topological polar surface area (TPSA) is 84.2 Å². The first-order valence-corrected chi connectivity index (χ1v) is 15.3. The van der Waals surface area contributed by atoms with Crippen LogP contribution in [0.5, 0.6) is 0 Å². The van der Waals surface area contributed by atoms with Gasteiger partial charge in [0.2, 0.25) is 10.0 Å². The van der Waals surface area contributed by atoms with Crippen LogP contribution in [0.4, 0.5) is 5.82 Å². The Balaban J connectivity index is 1.35. The van der Waals surface area contributed by atoms with Crippen molar-refractivity contribution >= 4 is 37.6 Å². The molecule has 0 unspecified atom stereocenters. The van der Waals surface area contributed by atoms with E-state index in [2.05, 4.69) is 18.7 Å². The zero-order valence-corrected chi connectivity index (χ0v) is 24.0. The van der Waals surface area contributed by atoms with Crippen molar-refractivity contribution in [1.29, 1.82) is 0 Å². The number of hydrogen-bond acceptors (Lipinski definition) is 6. The number of aryl methyl sites for hydroxylation is 1. The Morgan fingerprint density at radius 2 is 1.60 bits per heavy atom. The summed E-state index contributed by atoms with van der Waals surface area (Å²) in [4.78, 5) is 12.6. The molecule has 3 aromatic carbocycles. The second-order valence-corrected chi connectivity index (χ2v) is 12.8. The molecule has 1 saturated heterocycles. The summed E-state index contributed by atoms with van der Waals surface area (Å²) < 4.78 is 30.9. The molecule has 206 valence electrons. The minimum absolute atomic E-state index is 0.336. The van der Waals surface area contributed by atoms with Crippen LogP contribution >= 0.6 is 0 Å². The Kier molecular flexibility index (Phi) is 7.02. The third kappa shape index (κ3) is 4.95. The monoisotopic (exact) mass is 554 g/mol. The lowest BCUT2D eigenvalue weighted by Crippen LogP contribution is -2.35. The molecule has 2 aromatic heterocycles. The van der Waals surface area contributed by atoms with Gasteiger partial charge in [-0.3, -0.25) is 0 Å². The Morgan fingerprint density at radius 1 is 0.850 bits per heavy atom. The van der Waals surface area contributed by atoms with Crippen LogP contribution in [0, 0.1) is 12.8 Å². The third-order valence-electron chi connectivity index (χ3n) is 7.43. The zero-order chi connectivity index (χ0) is 27.9. The molecule has 9 heteroatoms. The molecule has 1 aliphatic heterocycles. The second-order valence-electron chi connectivity index (χ2n) is 10.8. The first-order chi connectivity index (χ1) is 19.3. The smallest absolute Gasteiger partial charge is 0.243 e. The van der Waals surface area contributed by atoms with E-state index in [-0.39, 0.29) is 0 Å². The van der Waals surface area contributed by atoms with Crippen molar-refractivity contribution in [3.05, 3.63) is 84.3 Å². The molecule has 0 saturated carbocycles. The largest absolute Gasteiger partial charge is 0.355 e. The van der Waals surface area contributed by atoms with Crippen LogP contribution in [-0.2, 0) is 16.4 Å². The molecule has 0 bridgehead atoms. The summed E-state index contributed by atoms with van der Waals surface area (Å²) >= 11 is 0. The van der Waals surface area contributed by atoms with Crippen LogP contribution in [0.3, 0.4) is 0 Å². The average molecular weight is 555 g/mol. The lowest BCUT2D eigenvalue weighted by atomic mass is 10.1. The van der Waals surface area contributed by atoms with Crippen LogP contribution in [0.2, 0.25) is 0 Å². The number of anilines is 1. The summed E-state index contributed by atoms with van der Waals surface area (Å²) in [5.41, 5.74) is 2.59. The molecule has 0 atom stereocenters. The number of benzene rings is 3. The van der Waals surface area contributed by atoms with Crippen molar-refractivity contribution in [1.82, 2.24) is 24.1 Å². The lowest BCUT2D eigenvalue weighted by Gasteiger charge is -2.24. The van der Waals surface area contributed by atoms with E-state index in [0.717, 1.165) is 51.3 Å². The highest BCUT2D eigenvalue weighted by Crippen LogP contribution is 2.31. The van der Waals surface area contributed by atoms with Gasteiger partial charge in [-0.2, -0.15) is 9.40 Å². The van der Waals surface area contributed by atoms with Gasteiger partial charge in [-0.15, -0.1) is 0 Å². The molecule has 0 radical (unpaired) electrons. The zero-order valence-electron chi connectivity index (χ0n) is 23.2. The lowest BCUT2D eigenvalue weighted by molar-refractivity contribution is 0.433. The Hall–Kier alpha value is -3.82. The normalized spacial score (nSPS) is 15.2. The molecule has 0 spiro atoms. The van der Waals surface area contributed by atoms with Gasteiger partial charge in [-0.25, -0.2) is 23.1 Å². The Morgan fingerprint density at radius 3 is 2.38 bits per heavy atom. The summed E-state index contributed by atoms with van der Waals surface area (Å²) in [5.74, 6) is 2.01. The van der Waals surface area contributed by atoms with E-state index in [1.54, 1.807) is 16.4 Å². The van der Waals surface area contributed by atoms with Crippen LogP contribution in [0.15, 0.2) is 77.7 Å². The minimum atomic E-state index is -3.63. The molecule has 1 fully saturated rings. The van der Waals surface area contributed by atoms with E-state index in [4.69, 9.17) is 15.1 Å². The van der Waals surface area contributed by atoms with Crippen molar-refractivity contribution in [3.63, 3.8) is 0 Å². The fourth-order valence-corrected chi connectivity index (χ4v) is 6.97. The van der Waals surface area contributed by atoms with Crippen LogP contribution in [-0.4, -0.2) is 58.7 Å². The Bertz CT molecular complexity index is 1780. The SMILES string of the molecule is Cc1nn(-c2ccccc2)c2nc(CC(C)C)nc(N3CCCN(S(=O)(=O)c4ccc5ccccc5c4)CC3)c12. The Labute approximate surface area is 235 Å². The highest BCUT2D eigenvalue weighted by molar-refractivity contribution is 7.89. The van der Waals surface area contributed by atoms with Crippen LogP contribution in [0.25, 0.3) is 27.5 Å². The van der Waals surface area contributed by atoms with Gasteiger partial charge in [-0.05, 0) is 54.3 Å². The van der Waals surface area contributed by atoms with Gasteiger partial charge in [0.25, 0.3) is 0 Å². The predicted molar refractivity (Wildman–Crippen MR) is 159 cm³/mol. The summed E-state index contributed by atoms with van der Waals surface area (Å²) in [6.45, 7) is 8.39. The standard InChI is InChI=1S/C31H34N6O2S/c1-22(2)20-28-32-30(29-23(3)34-37(31(29)33-28)26-12-5-4-6-13-26)35-16-9-17-36(19-18-35)40(38,39)27-15-14-24-10-7-8-11-25(24)21-27/h4-8,10-15,21-22H,9,16-20H2,1-3H3. The molecular formula is C31H34N6O2S. The number of nitrogens with zero attached hydrogens (tertiary/aromatic N) is 6. The molecule has 3 heterocycles. The highest BCUT2D eigenvalue weighted by atomic mass is 32.2. The van der Waals surface area contributed by atoms with E-state index >= 15 is 0 Å². The van der Waals surface area contributed by atoms with Gasteiger partial charge in [0.05, 0.1) is 21.7 Å². The van der Waals surface area contributed by atoms with Gasteiger partial charge in [0.15, 0.2) is 5.65 Å². The molecule has 8 nitrogen and oxygen atoms in total. The van der Waals surface area contributed by atoms with E-state index < -0.39 is 10.0 Å². The van der Waals surface area contributed by atoms with Gasteiger partial charge in [-0.1, -0.05) is 62.4 Å². The first kappa shape index (κ1) is 26.4. The predicted octanol–water partition coefficient (Wildman–Crippen LogP) is 5.38. The van der Waals surface area contributed by atoms with E-state index in [1.807, 2.05) is 72.3 Å². The molecule has 0 amide bonds. The molecule has 6 rings (SSSR count). The molecule has 40 heavy (non-hydrogen) atoms.